The lowest BCUT2D eigenvalue weighted by molar-refractivity contribution is -0.273. The van der Waals surface area contributed by atoms with E-state index in [4.69, 9.17) is 9.16 Å². The molecule has 2 saturated heterocycles. The Hall–Kier alpha value is -3.67. The molecule has 0 spiro atoms. The van der Waals surface area contributed by atoms with Gasteiger partial charge in [-0.1, -0.05) is 93.6 Å². The van der Waals surface area contributed by atoms with Crippen LogP contribution in [0.15, 0.2) is 96.4 Å². The van der Waals surface area contributed by atoms with Crippen molar-refractivity contribution in [1.29, 1.82) is 0 Å². The summed E-state index contributed by atoms with van der Waals surface area (Å²) in [6, 6.07) is 28.2. The predicted molar refractivity (Wildman–Crippen MR) is 183 cm³/mol. The van der Waals surface area contributed by atoms with Gasteiger partial charge in [-0.3, -0.25) is 14.5 Å². The average Bonchev–Trinajstić information content (AvgIpc) is 3.77. The second-order valence-corrected chi connectivity index (χ2v) is 19.6. The van der Waals surface area contributed by atoms with E-state index in [1.807, 2.05) is 53.9 Å². The molecule has 2 amide bonds. The Balaban J connectivity index is 1.29. The van der Waals surface area contributed by atoms with Gasteiger partial charge in [0.2, 0.25) is 11.8 Å². The molecular formula is C38H40FNO6SSi. The van der Waals surface area contributed by atoms with Crippen LogP contribution in [0.5, 0.6) is 5.75 Å². The number of likely N-dealkylation sites (tertiary alicyclic amines) is 1. The maximum atomic E-state index is 14.5. The lowest BCUT2D eigenvalue weighted by Crippen LogP contribution is -2.67. The van der Waals surface area contributed by atoms with E-state index in [1.54, 1.807) is 6.07 Å². The van der Waals surface area contributed by atoms with Gasteiger partial charge in [-0.25, -0.2) is 4.39 Å². The van der Waals surface area contributed by atoms with Gasteiger partial charge in [0.25, 0.3) is 8.32 Å². The molecule has 4 aromatic rings. The lowest BCUT2D eigenvalue weighted by Gasteiger charge is -2.48. The normalized spacial score (nSPS) is 27.3. The summed E-state index contributed by atoms with van der Waals surface area (Å²) in [5, 5.41) is 26.2. The van der Waals surface area contributed by atoms with Gasteiger partial charge in [-0.05, 0) is 57.4 Å². The van der Waals surface area contributed by atoms with Crippen molar-refractivity contribution in [2.75, 3.05) is 6.61 Å². The van der Waals surface area contributed by atoms with Crippen LogP contribution in [-0.2, 0) is 25.3 Å². The van der Waals surface area contributed by atoms with E-state index < -0.39 is 55.4 Å². The Morgan fingerprint density at radius 3 is 2.21 bits per heavy atom. The fraction of sp³-hybridized carbons (Fsp3) is 0.368. The van der Waals surface area contributed by atoms with Crippen LogP contribution in [0.3, 0.4) is 0 Å². The van der Waals surface area contributed by atoms with Crippen LogP contribution in [0.25, 0.3) is 0 Å². The summed E-state index contributed by atoms with van der Waals surface area (Å²) >= 11 is 1.48. The fourth-order valence-corrected chi connectivity index (χ4v) is 13.7. The fourth-order valence-electron chi connectivity index (χ4n) is 8.37. The summed E-state index contributed by atoms with van der Waals surface area (Å²) in [6.07, 6.45) is -0.333. The van der Waals surface area contributed by atoms with Crippen LogP contribution < -0.4 is 10.4 Å². The van der Waals surface area contributed by atoms with Crippen LogP contribution in [-0.4, -0.2) is 47.6 Å². The smallest absolute Gasteiger partial charge is 0.261 e. The molecule has 2 aliphatic heterocycles. The lowest BCUT2D eigenvalue weighted by atomic mass is 9.64. The van der Waals surface area contributed by atoms with E-state index in [9.17, 15) is 24.2 Å². The molecule has 48 heavy (non-hydrogen) atoms. The topological polar surface area (TPSA) is 96.3 Å². The van der Waals surface area contributed by atoms with Gasteiger partial charge in [-0.15, -0.1) is 11.3 Å². The number of imide groups is 1. The van der Waals surface area contributed by atoms with Crippen molar-refractivity contribution in [3.05, 3.63) is 113 Å². The molecule has 3 fully saturated rings. The van der Waals surface area contributed by atoms with E-state index in [-0.39, 0.29) is 42.8 Å². The van der Waals surface area contributed by atoms with Gasteiger partial charge >= 0.3 is 0 Å². The molecule has 6 atom stereocenters. The van der Waals surface area contributed by atoms with E-state index >= 15 is 0 Å². The molecular weight excluding hydrogens is 646 g/mol. The highest BCUT2D eigenvalue weighted by molar-refractivity contribution is 7.09. The molecule has 250 valence electrons. The maximum Gasteiger partial charge on any atom is 0.261 e. The number of halogens is 1. The minimum absolute atomic E-state index is 0.0898. The molecule has 1 aromatic heterocycles. The first-order valence-corrected chi connectivity index (χ1v) is 19.2. The van der Waals surface area contributed by atoms with Gasteiger partial charge in [-0.2, -0.15) is 0 Å². The number of fused-ring (bicyclic) bond motifs is 3. The molecule has 2 N–H and O–H groups in total. The molecule has 3 heterocycles. The van der Waals surface area contributed by atoms with E-state index in [2.05, 4.69) is 45.0 Å². The molecule has 0 unspecified atom stereocenters. The summed E-state index contributed by atoms with van der Waals surface area (Å²) in [7, 11) is -3.03. The van der Waals surface area contributed by atoms with Crippen molar-refractivity contribution in [3.63, 3.8) is 0 Å². The molecule has 7 rings (SSSR count). The van der Waals surface area contributed by atoms with E-state index in [1.165, 1.54) is 28.4 Å². The SMILES string of the molecule is CC(C)(C)[Si](OC[C@H]1C[C@@H]2C(=O)N(Cc3cccs3)C(=O)[C@@H]2[C@@H]2C[C@@H](c3ccc(O)c(F)c3)O[C@]12O)(c1ccccc1)c1ccccc1. The van der Waals surface area contributed by atoms with Gasteiger partial charge in [0.05, 0.1) is 24.5 Å². The number of nitrogens with zero attached hydrogens (tertiary/aromatic N) is 1. The summed E-state index contributed by atoms with van der Waals surface area (Å²) in [6.45, 7) is 6.81. The second kappa shape index (κ2) is 12.3. The summed E-state index contributed by atoms with van der Waals surface area (Å²) in [5.41, 5.74) is 0.448. The summed E-state index contributed by atoms with van der Waals surface area (Å²) in [4.78, 5) is 30.3. The number of hydrogen-bond acceptors (Lipinski definition) is 7. The van der Waals surface area contributed by atoms with Crippen molar-refractivity contribution in [3.8, 4) is 5.75 Å². The Morgan fingerprint density at radius 2 is 1.62 bits per heavy atom. The molecule has 0 bridgehead atoms. The van der Waals surface area contributed by atoms with Crippen LogP contribution in [0.4, 0.5) is 4.39 Å². The van der Waals surface area contributed by atoms with Crippen LogP contribution >= 0.6 is 11.3 Å². The minimum Gasteiger partial charge on any atom is -0.505 e. The highest BCUT2D eigenvalue weighted by Gasteiger charge is 2.67. The Bertz CT molecular complexity index is 1760. The Kier molecular flexibility index (Phi) is 8.44. The first-order chi connectivity index (χ1) is 22.9. The standard InChI is InChI=1S/C38H40FNO6SSi/c1-37(2,3)48(27-12-6-4-7-13-27,28-14-8-5-9-15-28)45-23-25-20-29-34(36(43)40(35(29)42)22-26-11-10-18-47-26)30-21-33(46-38(25,30)44)24-16-17-32(41)31(39)19-24/h4-19,25,29-30,33-34,41,44H,20-23H2,1-3H3/t25-,29+,30+,33+,34+,38-/m1/s1. The van der Waals surface area contributed by atoms with Gasteiger partial charge in [0.15, 0.2) is 17.4 Å². The number of hydrogen-bond donors (Lipinski definition) is 2. The third-order valence-corrected chi connectivity index (χ3v) is 16.5. The molecule has 7 nitrogen and oxygen atoms in total. The third-order valence-electron chi connectivity index (χ3n) is 10.6. The van der Waals surface area contributed by atoms with Gasteiger partial charge in [0, 0.05) is 23.3 Å². The predicted octanol–water partition coefficient (Wildman–Crippen LogP) is 5.76. The number of phenols is 1. The average molecular weight is 686 g/mol. The van der Waals surface area contributed by atoms with Crippen molar-refractivity contribution >= 4 is 41.8 Å². The zero-order valence-corrected chi connectivity index (χ0v) is 29.0. The molecule has 3 aromatic carbocycles. The first kappa shape index (κ1) is 32.9. The van der Waals surface area contributed by atoms with Crippen molar-refractivity contribution in [1.82, 2.24) is 4.90 Å². The number of carbonyl (C=O) groups excluding carboxylic acids is 2. The number of aromatic hydroxyl groups is 1. The van der Waals surface area contributed by atoms with Crippen LogP contribution in [0.1, 0.15) is 50.2 Å². The number of amides is 2. The zero-order chi connectivity index (χ0) is 33.8. The number of phenolic OH excluding ortho intramolecular Hbond substituents is 1. The van der Waals surface area contributed by atoms with Gasteiger partial charge in [0.1, 0.15) is 0 Å². The van der Waals surface area contributed by atoms with Crippen molar-refractivity contribution in [2.24, 2.45) is 23.7 Å². The Labute approximate surface area is 285 Å². The van der Waals surface area contributed by atoms with Crippen molar-refractivity contribution < 1.29 is 33.4 Å². The number of ether oxygens (including phenoxy) is 1. The quantitative estimate of drug-likeness (QED) is 0.181. The molecule has 3 aliphatic rings. The molecule has 0 radical (unpaired) electrons. The number of aliphatic hydroxyl groups is 1. The van der Waals surface area contributed by atoms with Crippen molar-refractivity contribution in [2.45, 2.75) is 57.1 Å². The van der Waals surface area contributed by atoms with E-state index in [0.29, 0.717) is 5.56 Å². The maximum absolute atomic E-state index is 14.5. The highest BCUT2D eigenvalue weighted by Crippen LogP contribution is 2.58. The van der Waals surface area contributed by atoms with E-state index in [0.717, 1.165) is 15.3 Å². The number of thiophene rings is 1. The molecule has 1 saturated carbocycles. The molecule has 1 aliphatic carbocycles. The number of rotatable bonds is 8. The monoisotopic (exact) mass is 685 g/mol. The second-order valence-electron chi connectivity index (χ2n) is 14.3. The zero-order valence-electron chi connectivity index (χ0n) is 27.2. The first-order valence-electron chi connectivity index (χ1n) is 16.4. The number of benzene rings is 3. The third kappa shape index (κ3) is 5.34. The number of carbonyl (C=O) groups is 2. The summed E-state index contributed by atoms with van der Waals surface area (Å²) in [5.74, 6) is -6.45. The van der Waals surface area contributed by atoms with Gasteiger partial charge < -0.3 is 19.4 Å². The van der Waals surface area contributed by atoms with Crippen LogP contribution in [0.2, 0.25) is 5.04 Å². The largest absolute Gasteiger partial charge is 0.505 e. The summed E-state index contributed by atoms with van der Waals surface area (Å²) < 4.78 is 28.3. The van der Waals surface area contributed by atoms with Crippen LogP contribution in [0, 0.1) is 29.5 Å². The highest BCUT2D eigenvalue weighted by atomic mass is 32.1. The molecule has 10 heteroatoms. The Morgan fingerprint density at radius 1 is 0.958 bits per heavy atom. The minimum atomic E-state index is -3.03.